The van der Waals surface area contributed by atoms with Crippen molar-refractivity contribution in [3.05, 3.63) is 53.3 Å². The minimum absolute atomic E-state index is 0.137. The summed E-state index contributed by atoms with van der Waals surface area (Å²) < 4.78 is 0. The van der Waals surface area contributed by atoms with Crippen LogP contribution in [0.25, 0.3) is 0 Å². The molecule has 0 fully saturated rings. The zero-order chi connectivity index (χ0) is 12.3. The Kier molecular flexibility index (Phi) is 3.69. The number of benzene rings is 1. The largest absolute Gasteiger partial charge is 0.359 e. The Morgan fingerprint density at radius 2 is 2.06 bits per heavy atom. The highest BCUT2D eigenvalue weighted by Crippen LogP contribution is 2.21. The number of thioether (sulfide) groups is 1. The first-order valence-electron chi connectivity index (χ1n) is 5.53. The van der Waals surface area contributed by atoms with Crippen molar-refractivity contribution in [2.45, 2.75) is 18.7 Å². The quantitative estimate of drug-likeness (QED) is 0.659. The summed E-state index contributed by atoms with van der Waals surface area (Å²) in [6, 6.07) is 9.94. The van der Waals surface area contributed by atoms with E-state index in [4.69, 9.17) is 0 Å². The second-order valence-corrected chi connectivity index (χ2v) is 5.09. The maximum absolute atomic E-state index is 11.8. The summed E-state index contributed by atoms with van der Waals surface area (Å²) in [5.41, 5.74) is 3.23. The summed E-state index contributed by atoms with van der Waals surface area (Å²) in [5, 5.41) is 0. The molecule has 0 aliphatic rings. The van der Waals surface area contributed by atoms with Crippen LogP contribution in [0.5, 0.6) is 0 Å². The standard InChI is InChI=1S/C14H15NOS/c1-10-5-6-12(8-11(10)2)17-9-14(16)13-4-3-7-15-13/h3-8,15H,9H2,1-2H3. The van der Waals surface area contributed by atoms with Gasteiger partial charge in [-0.3, -0.25) is 4.79 Å². The summed E-state index contributed by atoms with van der Waals surface area (Å²) in [7, 11) is 0. The minimum atomic E-state index is 0.137. The maximum Gasteiger partial charge on any atom is 0.189 e. The fourth-order valence-corrected chi connectivity index (χ4v) is 2.41. The summed E-state index contributed by atoms with van der Waals surface area (Å²) in [6.45, 7) is 4.18. The molecule has 0 atom stereocenters. The molecule has 2 rings (SSSR count). The number of hydrogen-bond donors (Lipinski definition) is 1. The number of carbonyl (C=O) groups excluding carboxylic acids is 1. The number of carbonyl (C=O) groups is 1. The van der Waals surface area contributed by atoms with Gasteiger partial charge in [-0.25, -0.2) is 0 Å². The van der Waals surface area contributed by atoms with Crippen LogP contribution in [0.4, 0.5) is 0 Å². The van der Waals surface area contributed by atoms with Gasteiger partial charge in [0.1, 0.15) is 0 Å². The molecule has 0 spiro atoms. The lowest BCUT2D eigenvalue weighted by Crippen LogP contribution is -2.02. The van der Waals surface area contributed by atoms with Gasteiger partial charge in [0.15, 0.2) is 5.78 Å². The predicted octanol–water partition coefficient (Wildman–Crippen LogP) is 3.61. The van der Waals surface area contributed by atoms with Gasteiger partial charge >= 0.3 is 0 Å². The van der Waals surface area contributed by atoms with Crippen LogP contribution < -0.4 is 0 Å². The molecule has 1 aromatic carbocycles. The molecular weight excluding hydrogens is 230 g/mol. The third kappa shape index (κ3) is 3.01. The SMILES string of the molecule is Cc1ccc(SCC(=O)c2ccc[nH]2)cc1C. The van der Waals surface area contributed by atoms with E-state index >= 15 is 0 Å². The van der Waals surface area contributed by atoms with Crippen molar-refractivity contribution in [1.29, 1.82) is 0 Å². The lowest BCUT2D eigenvalue weighted by atomic mass is 10.1. The molecule has 0 radical (unpaired) electrons. The average molecular weight is 245 g/mol. The molecule has 2 nitrogen and oxygen atoms in total. The van der Waals surface area contributed by atoms with Gasteiger partial charge < -0.3 is 4.98 Å². The lowest BCUT2D eigenvalue weighted by molar-refractivity contribution is 0.101. The topological polar surface area (TPSA) is 32.9 Å². The van der Waals surface area contributed by atoms with Crippen LogP contribution in [0.1, 0.15) is 21.6 Å². The lowest BCUT2D eigenvalue weighted by Gasteiger charge is -2.04. The Labute approximate surface area is 105 Å². The number of aryl methyl sites for hydroxylation is 2. The van der Waals surface area contributed by atoms with Crippen molar-refractivity contribution >= 4 is 17.5 Å². The Bertz CT molecular complexity index is 517. The molecule has 1 aromatic heterocycles. The van der Waals surface area contributed by atoms with Crippen LogP contribution in [0.2, 0.25) is 0 Å². The zero-order valence-electron chi connectivity index (χ0n) is 9.99. The van der Waals surface area contributed by atoms with Crippen LogP contribution in [-0.2, 0) is 0 Å². The normalized spacial score (nSPS) is 10.5. The van der Waals surface area contributed by atoms with Gasteiger partial charge in [-0.15, -0.1) is 11.8 Å². The van der Waals surface area contributed by atoms with E-state index in [0.29, 0.717) is 11.4 Å². The van der Waals surface area contributed by atoms with Crippen molar-refractivity contribution in [3.63, 3.8) is 0 Å². The van der Waals surface area contributed by atoms with Crippen molar-refractivity contribution in [3.8, 4) is 0 Å². The average Bonchev–Trinajstić information content (AvgIpc) is 2.84. The Morgan fingerprint density at radius 3 is 2.71 bits per heavy atom. The molecule has 2 aromatic rings. The highest BCUT2D eigenvalue weighted by atomic mass is 32.2. The highest BCUT2D eigenvalue weighted by Gasteiger charge is 2.07. The van der Waals surface area contributed by atoms with Gasteiger partial charge in [0.05, 0.1) is 11.4 Å². The molecule has 0 aliphatic heterocycles. The molecule has 3 heteroatoms. The zero-order valence-corrected chi connectivity index (χ0v) is 10.8. The van der Waals surface area contributed by atoms with Crippen molar-refractivity contribution in [2.24, 2.45) is 0 Å². The molecule has 17 heavy (non-hydrogen) atoms. The number of Topliss-reactive ketones (excluding diaryl/α,β-unsaturated/α-hetero) is 1. The molecule has 0 aliphatic carbocycles. The fraction of sp³-hybridized carbons (Fsp3) is 0.214. The fourth-order valence-electron chi connectivity index (χ4n) is 1.53. The number of rotatable bonds is 4. The predicted molar refractivity (Wildman–Crippen MR) is 71.8 cm³/mol. The van der Waals surface area contributed by atoms with E-state index in [-0.39, 0.29) is 5.78 Å². The van der Waals surface area contributed by atoms with E-state index in [9.17, 15) is 4.79 Å². The number of hydrogen-bond acceptors (Lipinski definition) is 2. The van der Waals surface area contributed by atoms with Crippen LogP contribution in [-0.4, -0.2) is 16.5 Å². The van der Waals surface area contributed by atoms with E-state index in [1.54, 1.807) is 18.0 Å². The van der Waals surface area contributed by atoms with Gasteiger partial charge in [0.2, 0.25) is 0 Å². The molecule has 0 amide bonds. The van der Waals surface area contributed by atoms with Crippen LogP contribution >= 0.6 is 11.8 Å². The Morgan fingerprint density at radius 1 is 1.24 bits per heavy atom. The van der Waals surface area contributed by atoms with Crippen LogP contribution in [0.15, 0.2) is 41.4 Å². The molecule has 0 saturated carbocycles. The number of H-pyrrole nitrogens is 1. The van der Waals surface area contributed by atoms with Gasteiger partial charge in [0, 0.05) is 11.1 Å². The molecule has 88 valence electrons. The smallest absolute Gasteiger partial charge is 0.189 e. The number of aromatic nitrogens is 1. The molecule has 0 bridgehead atoms. The Balaban J connectivity index is 1.98. The van der Waals surface area contributed by atoms with Gasteiger partial charge in [-0.1, -0.05) is 6.07 Å². The maximum atomic E-state index is 11.8. The second-order valence-electron chi connectivity index (χ2n) is 4.04. The number of ketones is 1. The first kappa shape index (κ1) is 12.0. The van der Waals surface area contributed by atoms with Gasteiger partial charge in [-0.2, -0.15) is 0 Å². The van der Waals surface area contributed by atoms with Crippen molar-refractivity contribution in [2.75, 3.05) is 5.75 Å². The van der Waals surface area contributed by atoms with E-state index < -0.39 is 0 Å². The van der Waals surface area contributed by atoms with Gasteiger partial charge in [-0.05, 0) is 49.2 Å². The number of aromatic amines is 1. The summed E-state index contributed by atoms with van der Waals surface area (Å²) in [5.74, 6) is 0.612. The summed E-state index contributed by atoms with van der Waals surface area (Å²) >= 11 is 1.58. The summed E-state index contributed by atoms with van der Waals surface area (Å²) in [4.78, 5) is 15.9. The Hall–Kier alpha value is -1.48. The van der Waals surface area contributed by atoms with Crippen molar-refractivity contribution in [1.82, 2.24) is 4.98 Å². The molecular formula is C14H15NOS. The second kappa shape index (κ2) is 5.23. The molecule has 0 saturated heterocycles. The highest BCUT2D eigenvalue weighted by molar-refractivity contribution is 8.00. The molecule has 1 heterocycles. The monoisotopic (exact) mass is 245 g/mol. The minimum Gasteiger partial charge on any atom is -0.359 e. The van der Waals surface area contributed by atoms with Crippen LogP contribution in [0.3, 0.4) is 0 Å². The first-order chi connectivity index (χ1) is 8.16. The van der Waals surface area contributed by atoms with Crippen LogP contribution in [0, 0.1) is 13.8 Å². The van der Waals surface area contributed by atoms with Gasteiger partial charge in [0.25, 0.3) is 0 Å². The van der Waals surface area contributed by atoms with E-state index in [2.05, 4.69) is 37.0 Å². The first-order valence-corrected chi connectivity index (χ1v) is 6.52. The molecule has 1 N–H and O–H groups in total. The summed E-state index contributed by atoms with van der Waals surface area (Å²) in [6.07, 6.45) is 1.77. The van der Waals surface area contributed by atoms with E-state index in [1.807, 2.05) is 12.1 Å². The van der Waals surface area contributed by atoms with Crippen molar-refractivity contribution < 1.29 is 4.79 Å². The van der Waals surface area contributed by atoms with E-state index in [0.717, 1.165) is 4.90 Å². The third-order valence-corrected chi connectivity index (χ3v) is 3.74. The molecule has 0 unspecified atom stereocenters. The van der Waals surface area contributed by atoms with E-state index in [1.165, 1.54) is 11.1 Å². The third-order valence-electron chi connectivity index (χ3n) is 2.75. The number of nitrogens with one attached hydrogen (secondary N) is 1.